The number of hydrogen-bond acceptors (Lipinski definition) is 9. The number of aryl methyl sites for hydroxylation is 1. The largest absolute Gasteiger partial charge is 0.528 e. The number of hydrogen-bond donors (Lipinski definition) is 1. The Kier molecular flexibility index (Phi) is 6.66. The first-order valence-corrected chi connectivity index (χ1v) is 9.72. The zero-order valence-corrected chi connectivity index (χ0v) is 17.5. The molecule has 1 aliphatic heterocycles. The van der Waals surface area contributed by atoms with E-state index in [0.29, 0.717) is 49.0 Å². The Morgan fingerprint density at radius 1 is 1.17 bits per heavy atom. The standard InChI is InChI=1S/C20H26FN5O4/c1-13-9-16(22-11-15(13)21)25-17-10-18(24-12-23-17)28-14-5-7-26(8-6-14)30-19(27)29-20(2,3)4/h9-12,14H,5-8H2,1-4H3,(H,22,23,24,25). The Morgan fingerprint density at radius 2 is 1.87 bits per heavy atom. The topological polar surface area (TPSA) is 98.7 Å². The molecule has 0 bridgehead atoms. The van der Waals surface area contributed by atoms with E-state index >= 15 is 0 Å². The second-order valence-electron chi connectivity index (χ2n) is 7.99. The molecule has 9 nitrogen and oxygen atoms in total. The molecule has 3 heterocycles. The van der Waals surface area contributed by atoms with Gasteiger partial charge in [0.25, 0.3) is 0 Å². The van der Waals surface area contributed by atoms with Gasteiger partial charge in [-0.05, 0) is 39.3 Å². The van der Waals surface area contributed by atoms with Gasteiger partial charge in [-0.3, -0.25) is 0 Å². The molecule has 10 heteroatoms. The van der Waals surface area contributed by atoms with Gasteiger partial charge in [0, 0.05) is 32.0 Å². The van der Waals surface area contributed by atoms with Crippen LogP contribution in [0.5, 0.6) is 5.88 Å². The summed E-state index contributed by atoms with van der Waals surface area (Å²) in [5.41, 5.74) is -0.113. The number of anilines is 2. The molecule has 30 heavy (non-hydrogen) atoms. The van der Waals surface area contributed by atoms with E-state index in [4.69, 9.17) is 14.3 Å². The van der Waals surface area contributed by atoms with Crippen molar-refractivity contribution in [3.63, 3.8) is 0 Å². The summed E-state index contributed by atoms with van der Waals surface area (Å²) in [7, 11) is 0. The highest BCUT2D eigenvalue weighted by atomic mass is 19.1. The van der Waals surface area contributed by atoms with Gasteiger partial charge in [-0.15, -0.1) is 5.06 Å². The highest BCUT2D eigenvalue weighted by molar-refractivity contribution is 5.60. The van der Waals surface area contributed by atoms with Crippen molar-refractivity contribution in [1.29, 1.82) is 0 Å². The number of ether oxygens (including phenoxy) is 2. The lowest BCUT2D eigenvalue weighted by Crippen LogP contribution is -2.40. The highest BCUT2D eigenvalue weighted by Gasteiger charge is 2.26. The van der Waals surface area contributed by atoms with Crippen LogP contribution in [0, 0.1) is 12.7 Å². The first-order valence-electron chi connectivity index (χ1n) is 9.72. The fraction of sp³-hybridized carbons (Fsp3) is 0.500. The fourth-order valence-electron chi connectivity index (χ4n) is 2.80. The zero-order chi connectivity index (χ0) is 21.7. The van der Waals surface area contributed by atoms with Crippen LogP contribution < -0.4 is 10.1 Å². The van der Waals surface area contributed by atoms with Gasteiger partial charge in [0.2, 0.25) is 5.88 Å². The lowest BCUT2D eigenvalue weighted by Gasteiger charge is -2.30. The summed E-state index contributed by atoms with van der Waals surface area (Å²) in [6.07, 6.45) is 3.08. The van der Waals surface area contributed by atoms with Crippen LogP contribution in [0.25, 0.3) is 0 Å². The van der Waals surface area contributed by atoms with Crippen LogP contribution in [0.3, 0.4) is 0 Å². The van der Waals surface area contributed by atoms with Crippen molar-refractivity contribution in [2.45, 2.75) is 52.2 Å². The molecular weight excluding hydrogens is 393 g/mol. The Hall–Kier alpha value is -3.01. The minimum absolute atomic E-state index is 0.0718. The Labute approximate surface area is 174 Å². The molecular formula is C20H26FN5O4. The molecule has 0 atom stereocenters. The maximum absolute atomic E-state index is 13.4. The molecule has 1 N–H and O–H groups in total. The number of hydroxylamine groups is 2. The number of pyridine rings is 1. The van der Waals surface area contributed by atoms with Gasteiger partial charge in [0.05, 0.1) is 6.20 Å². The smallest absolute Gasteiger partial charge is 0.474 e. The molecule has 0 radical (unpaired) electrons. The molecule has 0 amide bonds. The number of nitrogens with one attached hydrogen (secondary N) is 1. The number of carbonyl (C=O) groups is 1. The summed E-state index contributed by atoms with van der Waals surface area (Å²) in [5.74, 6) is 1.02. The molecule has 2 aromatic heterocycles. The summed E-state index contributed by atoms with van der Waals surface area (Å²) in [4.78, 5) is 29.2. The van der Waals surface area contributed by atoms with E-state index in [-0.39, 0.29) is 11.9 Å². The molecule has 0 spiro atoms. The number of rotatable bonds is 5. The molecule has 162 valence electrons. The monoisotopic (exact) mass is 419 g/mol. The summed E-state index contributed by atoms with van der Waals surface area (Å²) in [6, 6.07) is 3.25. The third kappa shape index (κ3) is 6.51. The van der Waals surface area contributed by atoms with Crippen LogP contribution in [-0.2, 0) is 9.57 Å². The summed E-state index contributed by atoms with van der Waals surface area (Å²) < 4.78 is 24.5. The van der Waals surface area contributed by atoms with Gasteiger partial charge in [0.15, 0.2) is 0 Å². The van der Waals surface area contributed by atoms with Gasteiger partial charge in [-0.1, -0.05) is 0 Å². The van der Waals surface area contributed by atoms with E-state index in [9.17, 15) is 9.18 Å². The van der Waals surface area contributed by atoms with Crippen molar-refractivity contribution in [3.05, 3.63) is 36.0 Å². The van der Waals surface area contributed by atoms with E-state index in [1.165, 1.54) is 6.33 Å². The van der Waals surface area contributed by atoms with Crippen molar-refractivity contribution in [3.8, 4) is 5.88 Å². The zero-order valence-electron chi connectivity index (χ0n) is 17.5. The van der Waals surface area contributed by atoms with E-state index in [2.05, 4.69) is 20.3 Å². The van der Waals surface area contributed by atoms with Crippen LogP contribution in [0.15, 0.2) is 24.7 Å². The van der Waals surface area contributed by atoms with Crippen molar-refractivity contribution >= 4 is 17.8 Å². The average Bonchev–Trinajstić information content (AvgIpc) is 2.65. The average molecular weight is 419 g/mol. The van der Waals surface area contributed by atoms with Crippen molar-refractivity contribution in [2.24, 2.45) is 0 Å². The van der Waals surface area contributed by atoms with Gasteiger partial charge in [-0.25, -0.2) is 24.1 Å². The summed E-state index contributed by atoms with van der Waals surface area (Å²) in [6.45, 7) is 8.07. The number of halogens is 1. The fourth-order valence-corrected chi connectivity index (χ4v) is 2.80. The Bertz CT molecular complexity index is 882. The van der Waals surface area contributed by atoms with Gasteiger partial charge < -0.3 is 19.6 Å². The van der Waals surface area contributed by atoms with Crippen molar-refractivity contribution < 1.29 is 23.5 Å². The molecule has 1 fully saturated rings. The SMILES string of the molecule is Cc1cc(Nc2cc(OC3CCN(OC(=O)OC(C)(C)C)CC3)ncn2)ncc1F. The van der Waals surface area contributed by atoms with Crippen molar-refractivity contribution in [2.75, 3.05) is 18.4 Å². The third-order valence-electron chi connectivity index (χ3n) is 4.23. The summed E-state index contributed by atoms with van der Waals surface area (Å²) in [5, 5.41) is 4.58. The number of carbonyl (C=O) groups excluding carboxylic acids is 1. The Balaban J connectivity index is 1.50. The Morgan fingerprint density at radius 3 is 2.53 bits per heavy atom. The number of nitrogens with zero attached hydrogens (tertiary/aromatic N) is 4. The third-order valence-corrected chi connectivity index (χ3v) is 4.23. The first-order chi connectivity index (χ1) is 14.2. The lowest BCUT2D eigenvalue weighted by molar-refractivity contribution is -0.159. The minimum atomic E-state index is -0.710. The van der Waals surface area contributed by atoms with Crippen LogP contribution in [-0.4, -0.2) is 51.0 Å². The second kappa shape index (κ2) is 9.21. The molecule has 0 aromatic carbocycles. The lowest BCUT2D eigenvalue weighted by atomic mass is 10.1. The molecule has 0 unspecified atom stereocenters. The number of aromatic nitrogens is 3. The molecule has 1 aliphatic rings. The van der Waals surface area contributed by atoms with Gasteiger partial charge in [-0.2, -0.15) is 0 Å². The van der Waals surface area contributed by atoms with Crippen molar-refractivity contribution in [1.82, 2.24) is 20.0 Å². The maximum atomic E-state index is 13.4. The quantitative estimate of drug-likeness (QED) is 0.726. The first kappa shape index (κ1) is 21.7. The molecule has 3 rings (SSSR count). The van der Waals surface area contributed by atoms with Crippen LogP contribution in [0.1, 0.15) is 39.2 Å². The minimum Gasteiger partial charge on any atom is -0.474 e. The summed E-state index contributed by atoms with van der Waals surface area (Å²) >= 11 is 0. The van der Waals surface area contributed by atoms with E-state index in [0.717, 1.165) is 6.20 Å². The maximum Gasteiger partial charge on any atom is 0.528 e. The molecule has 2 aromatic rings. The van der Waals surface area contributed by atoms with Gasteiger partial charge in [0.1, 0.15) is 35.5 Å². The molecule has 1 saturated heterocycles. The number of piperidine rings is 1. The van der Waals surface area contributed by atoms with Crippen LogP contribution in [0.2, 0.25) is 0 Å². The highest BCUT2D eigenvalue weighted by Crippen LogP contribution is 2.21. The predicted molar refractivity (Wildman–Crippen MR) is 107 cm³/mol. The molecule has 0 saturated carbocycles. The van der Waals surface area contributed by atoms with E-state index in [1.807, 2.05) is 0 Å². The van der Waals surface area contributed by atoms with Crippen LogP contribution >= 0.6 is 0 Å². The normalized spacial score (nSPS) is 15.5. The predicted octanol–water partition coefficient (Wildman–Crippen LogP) is 3.77. The molecule has 0 aliphatic carbocycles. The van der Waals surface area contributed by atoms with Gasteiger partial charge >= 0.3 is 6.16 Å². The second-order valence-corrected chi connectivity index (χ2v) is 7.99. The van der Waals surface area contributed by atoms with E-state index in [1.54, 1.807) is 44.9 Å². The van der Waals surface area contributed by atoms with Crippen LogP contribution in [0.4, 0.5) is 20.8 Å². The van der Waals surface area contributed by atoms with E-state index < -0.39 is 11.8 Å².